The number of nitrogens with two attached hydrogens (primary N) is 1. The SMILES string of the molecule is [CH]=NN1CCC(CN)CC1. The molecular formula is C7H14N3. The summed E-state index contributed by atoms with van der Waals surface area (Å²) in [7, 11) is 0. The van der Waals surface area contributed by atoms with E-state index in [9.17, 15) is 0 Å². The van der Waals surface area contributed by atoms with Crippen molar-refractivity contribution in [1.82, 2.24) is 5.01 Å². The van der Waals surface area contributed by atoms with E-state index in [1.54, 1.807) is 0 Å². The molecule has 10 heavy (non-hydrogen) atoms. The summed E-state index contributed by atoms with van der Waals surface area (Å²) in [6.07, 6.45) is 2.27. The summed E-state index contributed by atoms with van der Waals surface area (Å²) in [5.74, 6) is 0.693. The number of hydrogen-bond donors (Lipinski definition) is 1. The predicted octanol–water partition coefficient (Wildman–Crippen LogP) is 0.150. The number of hydrogen-bond acceptors (Lipinski definition) is 3. The van der Waals surface area contributed by atoms with Crippen LogP contribution in [0.2, 0.25) is 0 Å². The maximum absolute atomic E-state index is 5.51. The van der Waals surface area contributed by atoms with Gasteiger partial charge in [-0.1, -0.05) is 0 Å². The largest absolute Gasteiger partial charge is 0.330 e. The second-order valence-electron chi connectivity index (χ2n) is 2.75. The van der Waals surface area contributed by atoms with Gasteiger partial charge >= 0.3 is 0 Å². The molecule has 0 aromatic carbocycles. The van der Waals surface area contributed by atoms with Gasteiger partial charge in [0.05, 0.1) is 6.72 Å². The second-order valence-corrected chi connectivity index (χ2v) is 2.75. The summed E-state index contributed by atoms with van der Waals surface area (Å²) >= 11 is 0. The first kappa shape index (κ1) is 7.54. The first-order chi connectivity index (χ1) is 4.86. The number of hydrazone groups is 1. The second kappa shape index (κ2) is 3.56. The van der Waals surface area contributed by atoms with E-state index in [2.05, 4.69) is 5.10 Å². The Labute approximate surface area is 61.9 Å². The lowest BCUT2D eigenvalue weighted by Gasteiger charge is -2.28. The fraction of sp³-hybridized carbons (Fsp3) is 0.857. The van der Waals surface area contributed by atoms with Crippen LogP contribution in [-0.4, -0.2) is 31.4 Å². The summed E-state index contributed by atoms with van der Waals surface area (Å²) in [6, 6.07) is 0. The fourth-order valence-corrected chi connectivity index (χ4v) is 1.27. The first-order valence-electron chi connectivity index (χ1n) is 3.72. The van der Waals surface area contributed by atoms with Gasteiger partial charge in [-0.05, 0) is 25.3 Å². The maximum Gasteiger partial charge on any atom is 0.0671 e. The van der Waals surface area contributed by atoms with Crippen molar-refractivity contribution in [1.29, 1.82) is 0 Å². The van der Waals surface area contributed by atoms with Crippen molar-refractivity contribution < 1.29 is 0 Å². The lowest BCUT2D eigenvalue weighted by Crippen LogP contribution is -2.32. The third-order valence-corrected chi connectivity index (χ3v) is 2.09. The molecule has 3 heteroatoms. The summed E-state index contributed by atoms with van der Waals surface area (Å²) in [4.78, 5) is 0. The average Bonchev–Trinajstić information content (AvgIpc) is 2.05. The van der Waals surface area contributed by atoms with Crippen LogP contribution >= 0.6 is 0 Å². The molecule has 1 rings (SSSR count). The zero-order valence-corrected chi connectivity index (χ0v) is 6.16. The molecule has 0 spiro atoms. The Morgan fingerprint density at radius 3 is 2.50 bits per heavy atom. The molecular weight excluding hydrogens is 126 g/mol. The molecule has 0 atom stereocenters. The monoisotopic (exact) mass is 140 g/mol. The zero-order chi connectivity index (χ0) is 7.40. The number of nitrogens with zero attached hydrogens (tertiary/aromatic N) is 2. The molecule has 1 fully saturated rings. The van der Waals surface area contributed by atoms with E-state index in [1.807, 2.05) is 5.01 Å². The molecule has 0 aromatic heterocycles. The quantitative estimate of drug-likeness (QED) is 0.555. The normalized spacial score (nSPS) is 21.1. The van der Waals surface area contributed by atoms with Crippen LogP contribution in [-0.2, 0) is 0 Å². The van der Waals surface area contributed by atoms with Gasteiger partial charge in [-0.3, -0.25) is 5.01 Å². The van der Waals surface area contributed by atoms with Gasteiger partial charge in [0.25, 0.3) is 0 Å². The summed E-state index contributed by atoms with van der Waals surface area (Å²) in [5.41, 5.74) is 5.51. The van der Waals surface area contributed by atoms with E-state index in [1.165, 1.54) is 0 Å². The van der Waals surface area contributed by atoms with E-state index in [0.29, 0.717) is 5.92 Å². The Morgan fingerprint density at radius 1 is 1.50 bits per heavy atom. The van der Waals surface area contributed by atoms with Crippen molar-refractivity contribution in [2.75, 3.05) is 19.6 Å². The Bertz CT molecular complexity index is 105. The van der Waals surface area contributed by atoms with Crippen molar-refractivity contribution in [3.05, 3.63) is 0 Å². The summed E-state index contributed by atoms with van der Waals surface area (Å²) in [6.45, 7) is 7.85. The lowest BCUT2D eigenvalue weighted by molar-refractivity contribution is 0.196. The molecule has 0 aromatic rings. The predicted molar refractivity (Wildman–Crippen MR) is 41.8 cm³/mol. The Kier molecular flexibility index (Phi) is 2.68. The van der Waals surface area contributed by atoms with Crippen LogP contribution in [0.1, 0.15) is 12.8 Å². The Morgan fingerprint density at radius 2 is 2.10 bits per heavy atom. The van der Waals surface area contributed by atoms with Crippen LogP contribution in [0.15, 0.2) is 5.10 Å². The average molecular weight is 140 g/mol. The highest BCUT2D eigenvalue weighted by molar-refractivity contribution is 5.22. The van der Waals surface area contributed by atoms with Gasteiger partial charge in [-0.2, -0.15) is 5.10 Å². The highest BCUT2D eigenvalue weighted by atomic mass is 15.4. The first-order valence-corrected chi connectivity index (χ1v) is 3.72. The zero-order valence-electron chi connectivity index (χ0n) is 6.16. The van der Waals surface area contributed by atoms with E-state index in [4.69, 9.17) is 12.5 Å². The minimum absolute atomic E-state index is 0.693. The fourth-order valence-electron chi connectivity index (χ4n) is 1.27. The third-order valence-electron chi connectivity index (χ3n) is 2.09. The maximum atomic E-state index is 5.51. The molecule has 1 radical (unpaired) electrons. The van der Waals surface area contributed by atoms with Gasteiger partial charge in [0.2, 0.25) is 0 Å². The molecule has 57 valence electrons. The molecule has 2 N–H and O–H groups in total. The van der Waals surface area contributed by atoms with E-state index >= 15 is 0 Å². The molecule has 1 saturated heterocycles. The van der Waals surface area contributed by atoms with Gasteiger partial charge < -0.3 is 5.73 Å². The van der Waals surface area contributed by atoms with Crippen LogP contribution in [0.4, 0.5) is 0 Å². The van der Waals surface area contributed by atoms with E-state index in [0.717, 1.165) is 32.5 Å². The van der Waals surface area contributed by atoms with Gasteiger partial charge in [-0.15, -0.1) is 0 Å². The van der Waals surface area contributed by atoms with Crippen LogP contribution in [0, 0.1) is 5.92 Å². The third kappa shape index (κ3) is 1.70. The van der Waals surface area contributed by atoms with Gasteiger partial charge in [-0.25, -0.2) is 0 Å². The smallest absolute Gasteiger partial charge is 0.0671 e. The van der Waals surface area contributed by atoms with Gasteiger partial charge in [0.15, 0.2) is 0 Å². The molecule has 0 bridgehead atoms. The molecule has 1 heterocycles. The number of rotatable bonds is 2. The van der Waals surface area contributed by atoms with Gasteiger partial charge in [0.1, 0.15) is 0 Å². The summed E-state index contributed by atoms with van der Waals surface area (Å²) < 4.78 is 0. The Balaban J connectivity index is 2.23. The van der Waals surface area contributed by atoms with Crippen molar-refractivity contribution in [2.24, 2.45) is 16.8 Å². The highest BCUT2D eigenvalue weighted by Crippen LogP contribution is 2.14. The van der Waals surface area contributed by atoms with Crippen molar-refractivity contribution in [3.63, 3.8) is 0 Å². The van der Waals surface area contributed by atoms with E-state index in [-0.39, 0.29) is 0 Å². The topological polar surface area (TPSA) is 41.6 Å². The molecule has 0 amide bonds. The van der Waals surface area contributed by atoms with Crippen molar-refractivity contribution >= 4 is 6.72 Å². The molecule has 0 saturated carbocycles. The van der Waals surface area contributed by atoms with Crippen molar-refractivity contribution in [2.45, 2.75) is 12.8 Å². The van der Waals surface area contributed by atoms with Crippen LogP contribution < -0.4 is 5.73 Å². The highest BCUT2D eigenvalue weighted by Gasteiger charge is 2.15. The van der Waals surface area contributed by atoms with Crippen LogP contribution in [0.25, 0.3) is 0 Å². The molecule has 0 unspecified atom stereocenters. The van der Waals surface area contributed by atoms with Crippen molar-refractivity contribution in [3.8, 4) is 0 Å². The number of piperidine rings is 1. The molecule has 0 aliphatic carbocycles. The Hall–Kier alpha value is -0.570. The lowest BCUT2D eigenvalue weighted by atomic mass is 9.98. The molecule has 1 aliphatic heterocycles. The molecule has 1 aliphatic rings. The molecule has 3 nitrogen and oxygen atoms in total. The van der Waals surface area contributed by atoms with Crippen LogP contribution in [0.3, 0.4) is 0 Å². The standard InChI is InChI=1S/C7H14N3/c1-9-10-4-2-7(6-8)3-5-10/h1,7H,2-6,8H2. The van der Waals surface area contributed by atoms with Crippen LogP contribution in [0.5, 0.6) is 0 Å². The minimum atomic E-state index is 0.693. The summed E-state index contributed by atoms with van der Waals surface area (Å²) in [5, 5.41) is 5.50. The van der Waals surface area contributed by atoms with Gasteiger partial charge in [0, 0.05) is 13.1 Å². The van der Waals surface area contributed by atoms with E-state index < -0.39 is 0 Å². The minimum Gasteiger partial charge on any atom is -0.330 e.